The molecule has 5 N–H and O–H groups in total. The van der Waals surface area contributed by atoms with Crippen LogP contribution >= 0.6 is 24.2 Å². The Bertz CT molecular complexity index is 811. The van der Waals surface area contributed by atoms with E-state index in [4.69, 9.17) is 0 Å². The second-order valence-corrected chi connectivity index (χ2v) is 10.2. The molecule has 4 aliphatic heterocycles. The lowest BCUT2D eigenvalue weighted by Crippen LogP contribution is -2.63. The molecule has 0 aromatic rings. The fourth-order valence-corrected chi connectivity index (χ4v) is 6.63. The number of hydrogen-bond acceptors (Lipinski definition) is 8. The Kier molecular flexibility index (Phi) is 7.78. The van der Waals surface area contributed by atoms with Crippen molar-refractivity contribution < 1.29 is 29.7 Å². The maximum absolute atomic E-state index is 12.9. The molecular weight excluding hydrogens is 460 g/mol. The van der Waals surface area contributed by atoms with Crippen molar-refractivity contribution in [2.45, 2.75) is 49.8 Å². The summed E-state index contributed by atoms with van der Waals surface area (Å²) in [4.78, 5) is 41.0. The van der Waals surface area contributed by atoms with Crippen molar-refractivity contribution in [3.63, 3.8) is 0 Å². The molecule has 4 aliphatic rings. The monoisotopic (exact) mass is 490 g/mol. The van der Waals surface area contributed by atoms with Gasteiger partial charge in [-0.3, -0.25) is 9.59 Å². The summed E-state index contributed by atoms with van der Waals surface area (Å²) >= 11 is 1.42. The van der Waals surface area contributed by atoms with Gasteiger partial charge in [-0.05, 0) is 13.3 Å². The number of fused-ring (bicyclic) bond motifs is 1. The van der Waals surface area contributed by atoms with Gasteiger partial charge in [-0.2, -0.15) is 0 Å². The van der Waals surface area contributed by atoms with Crippen LogP contribution in [0.2, 0.25) is 0 Å². The number of aliphatic carboxylic acids is 1. The van der Waals surface area contributed by atoms with Gasteiger partial charge in [-0.25, -0.2) is 4.79 Å². The first-order valence-electron chi connectivity index (χ1n) is 10.8. The number of nitrogens with zero attached hydrogens (tertiary/aromatic N) is 2. The minimum atomic E-state index is -1.14. The highest BCUT2D eigenvalue weighted by molar-refractivity contribution is 8.03. The van der Waals surface area contributed by atoms with Gasteiger partial charge in [-0.1, -0.05) is 6.92 Å². The number of halogens is 1. The van der Waals surface area contributed by atoms with E-state index in [1.807, 2.05) is 6.92 Å². The summed E-state index contributed by atoms with van der Waals surface area (Å²) in [5.41, 5.74) is 0.0147. The van der Waals surface area contributed by atoms with Crippen LogP contribution in [0.15, 0.2) is 10.6 Å². The number of carbonyl (C=O) groups is 3. The Morgan fingerprint density at radius 1 is 1.28 bits per heavy atom. The number of β-amino-alcohol motifs (C(OH)–C–C–N with tert-alkyl or cyclic N) is 1. The number of carboxylic acid groups (broad SMARTS) is 1. The molecule has 3 saturated heterocycles. The van der Waals surface area contributed by atoms with Gasteiger partial charge in [0.25, 0.3) is 0 Å². The average Bonchev–Trinajstić information content (AvgIpc) is 3.17. The highest BCUT2D eigenvalue weighted by atomic mass is 35.5. The molecule has 0 spiro atoms. The summed E-state index contributed by atoms with van der Waals surface area (Å²) in [6, 6.07) is -0.712. The Labute approximate surface area is 197 Å². The van der Waals surface area contributed by atoms with E-state index in [2.05, 4.69) is 10.6 Å². The lowest BCUT2D eigenvalue weighted by molar-refractivity contribution is -0.163. The van der Waals surface area contributed by atoms with Gasteiger partial charge in [-0.15, -0.1) is 24.2 Å². The zero-order valence-electron chi connectivity index (χ0n) is 18.1. The van der Waals surface area contributed by atoms with Crippen LogP contribution in [-0.4, -0.2) is 105 Å². The zero-order valence-corrected chi connectivity index (χ0v) is 19.7. The SMILES string of the molecule is C[C@@H](O)[C@H]1C(=O)N2C(C(=O)O)=C(S[C@@H]3CN[C@H](C(=O)N4CCNCC(O)C4)C3)[C@H](C)[C@H]12.Cl. The van der Waals surface area contributed by atoms with Gasteiger partial charge in [0, 0.05) is 48.8 Å². The summed E-state index contributed by atoms with van der Waals surface area (Å²) in [6.07, 6.45) is -0.876. The Hall–Kier alpha value is -1.37. The number of thioether (sulfide) groups is 1. The number of rotatable bonds is 5. The van der Waals surface area contributed by atoms with Crippen molar-refractivity contribution in [2.24, 2.45) is 11.8 Å². The summed E-state index contributed by atoms with van der Waals surface area (Å²) in [5.74, 6) is -2.30. The molecule has 12 heteroatoms. The number of carbonyl (C=O) groups excluding carboxylic acids is 2. The number of carboxylic acids is 1. The average molecular weight is 491 g/mol. The van der Waals surface area contributed by atoms with Crippen molar-refractivity contribution >= 4 is 42.0 Å². The van der Waals surface area contributed by atoms with Gasteiger partial charge < -0.3 is 35.8 Å². The summed E-state index contributed by atoms with van der Waals surface area (Å²) in [6.45, 7) is 5.95. The molecule has 2 amide bonds. The molecule has 0 bridgehead atoms. The van der Waals surface area contributed by atoms with E-state index in [9.17, 15) is 29.7 Å². The van der Waals surface area contributed by atoms with Crippen LogP contribution in [0.4, 0.5) is 0 Å². The van der Waals surface area contributed by atoms with Crippen molar-refractivity contribution in [2.75, 3.05) is 32.7 Å². The minimum Gasteiger partial charge on any atom is -0.477 e. The van der Waals surface area contributed by atoms with E-state index in [0.717, 1.165) is 0 Å². The van der Waals surface area contributed by atoms with E-state index >= 15 is 0 Å². The van der Waals surface area contributed by atoms with Crippen LogP contribution in [0, 0.1) is 11.8 Å². The molecule has 4 rings (SSSR count). The van der Waals surface area contributed by atoms with Crippen LogP contribution in [0.25, 0.3) is 0 Å². The van der Waals surface area contributed by atoms with Crippen LogP contribution in [0.3, 0.4) is 0 Å². The van der Waals surface area contributed by atoms with Crippen LogP contribution < -0.4 is 10.6 Å². The largest absolute Gasteiger partial charge is 0.477 e. The molecule has 10 nitrogen and oxygen atoms in total. The molecule has 0 aromatic heterocycles. The highest BCUT2D eigenvalue weighted by Gasteiger charge is 2.60. The molecule has 0 aromatic carbocycles. The normalized spacial score (nSPS) is 35.7. The molecule has 180 valence electrons. The number of aliphatic hydroxyl groups is 2. The molecule has 0 saturated carbocycles. The maximum atomic E-state index is 12.9. The molecule has 32 heavy (non-hydrogen) atoms. The Balaban J connectivity index is 0.00000289. The standard InChI is InChI=1S/C20H30N4O6S.ClH/c1-9-15-14(10(2)25)19(28)24(15)16(20(29)30)17(9)31-12-5-13(22-7-12)18(27)23-4-3-21-6-11(26)8-23;/h9-15,21-22,25-26H,3-8H2,1-2H3,(H,29,30);1H/t9-,10-,11?,12+,13+,14-,15-;/m1./s1. The van der Waals surface area contributed by atoms with Crippen molar-refractivity contribution in [3.05, 3.63) is 10.6 Å². The molecule has 0 aliphatic carbocycles. The number of aliphatic hydroxyl groups excluding tert-OH is 2. The van der Waals surface area contributed by atoms with Crippen molar-refractivity contribution in [3.8, 4) is 0 Å². The number of amides is 2. The van der Waals surface area contributed by atoms with Crippen molar-refractivity contribution in [1.29, 1.82) is 0 Å². The molecule has 1 unspecified atom stereocenters. The van der Waals surface area contributed by atoms with Gasteiger partial charge in [0.15, 0.2) is 0 Å². The first-order valence-corrected chi connectivity index (χ1v) is 11.6. The summed E-state index contributed by atoms with van der Waals surface area (Å²) < 4.78 is 0. The third-order valence-corrected chi connectivity index (χ3v) is 8.19. The third-order valence-electron chi connectivity index (χ3n) is 6.67. The van der Waals surface area contributed by atoms with Gasteiger partial charge >= 0.3 is 5.97 Å². The third kappa shape index (κ3) is 4.38. The topological polar surface area (TPSA) is 142 Å². The van der Waals surface area contributed by atoms with Gasteiger partial charge in [0.1, 0.15) is 5.70 Å². The fourth-order valence-electron chi connectivity index (χ4n) is 5.15. The van der Waals surface area contributed by atoms with E-state index in [0.29, 0.717) is 44.0 Å². The maximum Gasteiger partial charge on any atom is 0.353 e. The molecular formula is C20H31ClN4O6S. The Morgan fingerprint density at radius 3 is 2.66 bits per heavy atom. The molecule has 0 radical (unpaired) electrons. The second-order valence-electron chi connectivity index (χ2n) is 8.85. The van der Waals surface area contributed by atoms with Crippen molar-refractivity contribution in [1.82, 2.24) is 20.4 Å². The first-order chi connectivity index (χ1) is 14.7. The summed E-state index contributed by atoms with van der Waals surface area (Å²) in [7, 11) is 0. The Morgan fingerprint density at radius 2 is 2.00 bits per heavy atom. The first kappa shape index (κ1) is 25.3. The highest BCUT2D eigenvalue weighted by Crippen LogP contribution is 2.51. The molecule has 4 heterocycles. The number of hydrogen-bond donors (Lipinski definition) is 5. The quantitative estimate of drug-likeness (QED) is 0.301. The van der Waals surface area contributed by atoms with E-state index in [1.165, 1.54) is 16.7 Å². The zero-order chi connectivity index (χ0) is 22.4. The van der Waals surface area contributed by atoms with Crippen LogP contribution in [-0.2, 0) is 14.4 Å². The fraction of sp³-hybridized carbons (Fsp3) is 0.750. The van der Waals surface area contributed by atoms with Crippen LogP contribution in [0.1, 0.15) is 20.3 Å². The predicted molar refractivity (Wildman–Crippen MR) is 120 cm³/mol. The number of nitrogens with one attached hydrogen (secondary N) is 2. The summed E-state index contributed by atoms with van der Waals surface area (Å²) in [5, 5.41) is 36.0. The predicted octanol–water partition coefficient (Wildman–Crippen LogP) is -1.18. The van der Waals surface area contributed by atoms with Crippen LogP contribution in [0.5, 0.6) is 0 Å². The van der Waals surface area contributed by atoms with Gasteiger partial charge in [0.2, 0.25) is 11.8 Å². The number of β-lactam (4-membered cyclic amide) rings is 1. The van der Waals surface area contributed by atoms with E-state index in [1.54, 1.807) is 11.8 Å². The van der Waals surface area contributed by atoms with E-state index in [-0.39, 0.29) is 53.2 Å². The lowest BCUT2D eigenvalue weighted by atomic mass is 9.79. The smallest absolute Gasteiger partial charge is 0.353 e. The second kappa shape index (κ2) is 9.86. The molecule has 7 atom stereocenters. The van der Waals surface area contributed by atoms with Gasteiger partial charge in [0.05, 0.1) is 30.2 Å². The lowest BCUT2D eigenvalue weighted by Gasteiger charge is -2.46. The van der Waals surface area contributed by atoms with E-state index < -0.39 is 24.1 Å². The minimum absolute atomic E-state index is 0. The molecule has 3 fully saturated rings.